The number of carbonyl (C=O) groups excluding carboxylic acids is 1. The highest BCUT2D eigenvalue weighted by molar-refractivity contribution is 8.00. The predicted octanol–water partition coefficient (Wildman–Crippen LogP) is 4.08. The van der Waals surface area contributed by atoms with Gasteiger partial charge in [-0.3, -0.25) is 4.79 Å². The van der Waals surface area contributed by atoms with Crippen LogP contribution in [-0.2, 0) is 11.8 Å². The number of benzene rings is 2. The maximum atomic E-state index is 12.7. The summed E-state index contributed by atoms with van der Waals surface area (Å²) < 4.78 is 1.93. The third kappa shape index (κ3) is 3.40. The van der Waals surface area contributed by atoms with Crippen molar-refractivity contribution in [2.45, 2.75) is 23.8 Å². The van der Waals surface area contributed by atoms with Gasteiger partial charge in [-0.1, -0.05) is 55.1 Å². The Balaban J connectivity index is 1.80. The van der Waals surface area contributed by atoms with Crippen LogP contribution in [-0.4, -0.2) is 20.7 Å². The molecule has 0 aliphatic carbocycles. The molecule has 23 heavy (non-hydrogen) atoms. The molecule has 0 saturated carbocycles. The van der Waals surface area contributed by atoms with Crippen molar-refractivity contribution in [2.75, 3.05) is 5.32 Å². The highest BCUT2D eigenvalue weighted by Gasteiger charge is 2.20. The van der Waals surface area contributed by atoms with Crippen LogP contribution >= 0.6 is 11.8 Å². The van der Waals surface area contributed by atoms with Crippen molar-refractivity contribution in [3.63, 3.8) is 0 Å². The molecular weight excluding hydrogens is 306 g/mol. The largest absolute Gasteiger partial charge is 0.329 e. The van der Waals surface area contributed by atoms with Gasteiger partial charge in [0.05, 0.1) is 5.25 Å². The van der Waals surface area contributed by atoms with Gasteiger partial charge in [-0.05, 0) is 17.9 Å². The molecule has 0 radical (unpaired) electrons. The topological polar surface area (TPSA) is 46.9 Å². The second-order valence-corrected chi connectivity index (χ2v) is 6.52. The van der Waals surface area contributed by atoms with Gasteiger partial charge in [-0.25, -0.2) is 4.98 Å². The predicted molar refractivity (Wildman–Crippen MR) is 95.7 cm³/mol. The SMILES string of the molecule is CCC(Sc1nccn1C)C(=O)Nc1cccc2ccccc12. The van der Waals surface area contributed by atoms with Gasteiger partial charge in [0, 0.05) is 30.5 Å². The first-order chi connectivity index (χ1) is 11.2. The minimum absolute atomic E-state index is 0.0110. The van der Waals surface area contributed by atoms with Gasteiger partial charge in [0.2, 0.25) is 5.91 Å². The molecule has 5 heteroatoms. The van der Waals surface area contributed by atoms with Gasteiger partial charge < -0.3 is 9.88 Å². The lowest BCUT2D eigenvalue weighted by atomic mass is 10.1. The summed E-state index contributed by atoms with van der Waals surface area (Å²) in [7, 11) is 1.94. The normalized spacial score (nSPS) is 12.3. The maximum absolute atomic E-state index is 12.7. The van der Waals surface area contributed by atoms with Gasteiger partial charge in [0.1, 0.15) is 0 Å². The van der Waals surface area contributed by atoms with Crippen molar-refractivity contribution < 1.29 is 4.79 Å². The molecule has 1 atom stereocenters. The van der Waals surface area contributed by atoms with E-state index in [0.717, 1.165) is 28.0 Å². The number of rotatable bonds is 5. The number of nitrogens with one attached hydrogen (secondary N) is 1. The number of anilines is 1. The summed E-state index contributed by atoms with van der Waals surface area (Å²) in [6, 6.07) is 14.0. The zero-order valence-electron chi connectivity index (χ0n) is 13.2. The van der Waals surface area contributed by atoms with Gasteiger partial charge in [0.25, 0.3) is 0 Å². The standard InChI is InChI=1S/C18H19N3OS/c1-3-16(23-18-19-11-12-21(18)2)17(22)20-15-10-6-8-13-7-4-5-9-14(13)15/h4-12,16H,3H2,1-2H3,(H,20,22). The first-order valence-electron chi connectivity index (χ1n) is 7.61. The quantitative estimate of drug-likeness (QED) is 0.719. The number of imidazole rings is 1. The second kappa shape index (κ2) is 6.87. The number of hydrogen-bond acceptors (Lipinski definition) is 3. The Morgan fingerprint density at radius 2 is 2.04 bits per heavy atom. The van der Waals surface area contributed by atoms with Crippen molar-refractivity contribution in [1.29, 1.82) is 0 Å². The summed E-state index contributed by atoms with van der Waals surface area (Å²) in [5.41, 5.74) is 0.854. The number of hydrogen-bond donors (Lipinski definition) is 1. The van der Waals surface area contributed by atoms with Crippen molar-refractivity contribution in [1.82, 2.24) is 9.55 Å². The Labute approximate surface area is 139 Å². The second-order valence-electron chi connectivity index (χ2n) is 5.35. The fraction of sp³-hybridized carbons (Fsp3) is 0.222. The monoisotopic (exact) mass is 325 g/mol. The van der Waals surface area contributed by atoms with Crippen LogP contribution in [0.4, 0.5) is 5.69 Å². The van der Waals surface area contributed by atoms with E-state index in [1.165, 1.54) is 11.8 Å². The van der Waals surface area contributed by atoms with Crippen molar-refractivity contribution in [3.8, 4) is 0 Å². The van der Waals surface area contributed by atoms with Gasteiger partial charge in [-0.2, -0.15) is 0 Å². The Bertz CT molecular complexity index is 823. The molecule has 1 unspecified atom stereocenters. The van der Waals surface area contributed by atoms with Gasteiger partial charge in [0.15, 0.2) is 5.16 Å². The smallest absolute Gasteiger partial charge is 0.237 e. The zero-order valence-corrected chi connectivity index (χ0v) is 14.0. The van der Waals surface area contributed by atoms with Crippen LogP contribution in [0.1, 0.15) is 13.3 Å². The molecule has 1 N–H and O–H groups in total. The summed E-state index contributed by atoms with van der Waals surface area (Å²) in [5.74, 6) is 0.0110. The third-order valence-electron chi connectivity index (χ3n) is 3.74. The lowest BCUT2D eigenvalue weighted by Gasteiger charge is -2.15. The van der Waals surface area contributed by atoms with E-state index in [1.54, 1.807) is 6.20 Å². The number of aryl methyl sites for hydroxylation is 1. The molecule has 3 aromatic rings. The van der Waals surface area contributed by atoms with Crippen LogP contribution in [0.2, 0.25) is 0 Å². The Morgan fingerprint density at radius 3 is 2.78 bits per heavy atom. The van der Waals surface area contributed by atoms with Crippen LogP contribution in [0.5, 0.6) is 0 Å². The van der Waals surface area contributed by atoms with Gasteiger partial charge in [-0.15, -0.1) is 0 Å². The average Bonchev–Trinajstić information content (AvgIpc) is 2.97. The summed E-state index contributed by atoms with van der Waals surface area (Å²) >= 11 is 1.49. The minimum atomic E-state index is -0.171. The van der Waals surface area contributed by atoms with Crippen molar-refractivity contribution >= 4 is 34.1 Å². The van der Waals surface area contributed by atoms with E-state index in [9.17, 15) is 4.79 Å². The molecule has 0 aliphatic rings. The highest BCUT2D eigenvalue weighted by Crippen LogP contribution is 2.27. The lowest BCUT2D eigenvalue weighted by molar-refractivity contribution is -0.115. The summed E-state index contributed by atoms with van der Waals surface area (Å²) in [4.78, 5) is 16.9. The average molecular weight is 325 g/mol. The summed E-state index contributed by atoms with van der Waals surface area (Å²) in [6.45, 7) is 2.02. The van der Waals surface area contributed by atoms with Crippen LogP contribution in [0.25, 0.3) is 10.8 Å². The molecular formula is C18H19N3OS. The molecule has 1 aromatic heterocycles. The number of carbonyl (C=O) groups is 1. The molecule has 0 saturated heterocycles. The van der Waals surface area contributed by atoms with Crippen LogP contribution in [0.15, 0.2) is 60.0 Å². The molecule has 1 amide bonds. The molecule has 0 aliphatic heterocycles. The maximum Gasteiger partial charge on any atom is 0.237 e. The molecule has 0 spiro atoms. The summed E-state index contributed by atoms with van der Waals surface area (Å²) in [6.07, 6.45) is 4.38. The molecule has 1 heterocycles. The molecule has 3 rings (SSSR count). The third-order valence-corrected chi connectivity index (χ3v) is 5.17. The molecule has 2 aromatic carbocycles. The minimum Gasteiger partial charge on any atom is -0.329 e. The van der Waals surface area contributed by atoms with Crippen LogP contribution in [0.3, 0.4) is 0 Å². The summed E-state index contributed by atoms with van der Waals surface area (Å²) in [5, 5.41) is 5.93. The first-order valence-corrected chi connectivity index (χ1v) is 8.49. The Morgan fingerprint density at radius 1 is 1.26 bits per heavy atom. The number of nitrogens with zero attached hydrogens (tertiary/aromatic N) is 2. The molecule has 4 nitrogen and oxygen atoms in total. The fourth-order valence-electron chi connectivity index (χ4n) is 2.46. The Hall–Kier alpha value is -2.27. The van der Waals surface area contributed by atoms with Crippen molar-refractivity contribution in [2.24, 2.45) is 7.05 Å². The van der Waals surface area contributed by atoms with Crippen LogP contribution in [0, 0.1) is 0 Å². The van der Waals surface area contributed by atoms with Crippen LogP contribution < -0.4 is 5.32 Å². The number of aromatic nitrogens is 2. The first kappa shape index (κ1) is 15.6. The van der Waals surface area contributed by atoms with E-state index in [4.69, 9.17) is 0 Å². The molecule has 0 fully saturated rings. The van der Waals surface area contributed by atoms with Gasteiger partial charge >= 0.3 is 0 Å². The molecule has 0 bridgehead atoms. The number of amides is 1. The lowest BCUT2D eigenvalue weighted by Crippen LogP contribution is -2.25. The van der Waals surface area contributed by atoms with E-state index in [-0.39, 0.29) is 11.2 Å². The van der Waals surface area contributed by atoms with E-state index in [2.05, 4.69) is 10.3 Å². The van der Waals surface area contributed by atoms with Crippen molar-refractivity contribution in [3.05, 3.63) is 54.9 Å². The number of thioether (sulfide) groups is 1. The zero-order chi connectivity index (χ0) is 16.2. The Kier molecular flexibility index (Phi) is 4.67. The number of fused-ring (bicyclic) bond motifs is 1. The van der Waals surface area contributed by atoms with E-state index in [0.29, 0.717) is 0 Å². The fourth-order valence-corrected chi connectivity index (χ4v) is 3.40. The van der Waals surface area contributed by atoms with E-state index < -0.39 is 0 Å². The molecule has 118 valence electrons. The van der Waals surface area contributed by atoms with E-state index in [1.807, 2.05) is 67.2 Å². The highest BCUT2D eigenvalue weighted by atomic mass is 32.2. The van der Waals surface area contributed by atoms with E-state index >= 15 is 0 Å².